The maximum Gasteiger partial charge on any atom is 0.272 e. The van der Waals surface area contributed by atoms with Gasteiger partial charge in [-0.15, -0.1) is 0 Å². The second kappa shape index (κ2) is 4.76. The summed E-state index contributed by atoms with van der Waals surface area (Å²) in [6.07, 6.45) is 6.06. The van der Waals surface area contributed by atoms with Gasteiger partial charge in [0.15, 0.2) is 5.78 Å². The van der Waals surface area contributed by atoms with E-state index in [0.717, 1.165) is 11.1 Å². The molecular weight excluding hydrogens is 248 g/mol. The van der Waals surface area contributed by atoms with Crippen LogP contribution in [0.1, 0.15) is 27.2 Å². The number of fused-ring (bicyclic) bond motifs is 1. The van der Waals surface area contributed by atoms with Crippen LogP contribution in [-0.2, 0) is 4.79 Å². The number of carbonyl (C=O) groups is 1. The average molecular weight is 265 g/mol. The maximum absolute atomic E-state index is 13.7. The summed E-state index contributed by atoms with van der Waals surface area (Å²) in [5, 5.41) is 3.01. The fourth-order valence-corrected chi connectivity index (χ4v) is 2.35. The highest BCUT2D eigenvalue weighted by Crippen LogP contribution is 2.35. The molecule has 0 saturated carbocycles. The number of nitrogens with one attached hydrogen (secondary N) is 1. The van der Waals surface area contributed by atoms with Crippen LogP contribution < -0.4 is 5.32 Å². The van der Waals surface area contributed by atoms with E-state index in [-0.39, 0.29) is 23.8 Å². The molecular formula is C15H17F2NO. The lowest BCUT2D eigenvalue weighted by Gasteiger charge is -2.29. The molecule has 0 spiro atoms. The molecule has 0 amide bonds. The van der Waals surface area contributed by atoms with Crippen molar-refractivity contribution in [2.24, 2.45) is 0 Å². The molecule has 1 heterocycles. The van der Waals surface area contributed by atoms with Crippen LogP contribution in [0.2, 0.25) is 0 Å². The van der Waals surface area contributed by atoms with Gasteiger partial charge in [0.2, 0.25) is 0 Å². The van der Waals surface area contributed by atoms with Crippen molar-refractivity contribution in [3.05, 3.63) is 46.7 Å². The van der Waals surface area contributed by atoms with E-state index in [2.05, 4.69) is 5.32 Å². The largest absolute Gasteiger partial charge is 0.380 e. The third kappa shape index (κ3) is 2.39. The van der Waals surface area contributed by atoms with Crippen LogP contribution in [0.25, 0.3) is 0 Å². The van der Waals surface area contributed by atoms with E-state index >= 15 is 0 Å². The van der Waals surface area contributed by atoms with Crippen molar-refractivity contribution in [1.82, 2.24) is 5.32 Å². The molecule has 4 heteroatoms. The summed E-state index contributed by atoms with van der Waals surface area (Å²) in [7, 11) is 0. The van der Waals surface area contributed by atoms with Gasteiger partial charge in [0, 0.05) is 23.8 Å². The molecule has 1 unspecified atom stereocenters. The molecule has 0 bridgehead atoms. The summed E-state index contributed by atoms with van der Waals surface area (Å²) in [5.74, 6) is -2.83. The van der Waals surface area contributed by atoms with Gasteiger partial charge in [-0.3, -0.25) is 4.79 Å². The third-order valence-corrected chi connectivity index (χ3v) is 3.61. The Kier molecular flexibility index (Phi) is 3.43. The Morgan fingerprint density at radius 1 is 1.42 bits per heavy atom. The predicted molar refractivity (Wildman–Crippen MR) is 70.8 cm³/mol. The van der Waals surface area contributed by atoms with E-state index in [1.165, 1.54) is 26.0 Å². The topological polar surface area (TPSA) is 29.1 Å². The normalized spacial score (nSPS) is 22.5. The predicted octanol–water partition coefficient (Wildman–Crippen LogP) is 3.29. The van der Waals surface area contributed by atoms with Crippen LogP contribution in [0.3, 0.4) is 0 Å². The lowest BCUT2D eigenvalue weighted by atomic mass is 9.86. The zero-order valence-corrected chi connectivity index (χ0v) is 11.3. The first-order valence-corrected chi connectivity index (χ1v) is 6.33. The SMILES string of the molecule is CCC(F)(F)C1=CC2NC=C(C(C)=O)C(C)=C2C=C1. The average Bonchev–Trinajstić information content (AvgIpc) is 2.38. The number of allylic oxidation sites excluding steroid dienone is 4. The van der Waals surface area contributed by atoms with E-state index in [9.17, 15) is 13.6 Å². The van der Waals surface area contributed by atoms with Crippen molar-refractivity contribution in [3.63, 3.8) is 0 Å². The minimum Gasteiger partial charge on any atom is -0.380 e. The summed E-state index contributed by atoms with van der Waals surface area (Å²) >= 11 is 0. The van der Waals surface area contributed by atoms with E-state index in [4.69, 9.17) is 0 Å². The summed E-state index contributed by atoms with van der Waals surface area (Å²) in [6, 6.07) is -0.277. The van der Waals surface area contributed by atoms with Gasteiger partial charge in [-0.1, -0.05) is 19.1 Å². The highest BCUT2D eigenvalue weighted by molar-refractivity contribution is 5.98. The molecule has 0 aromatic carbocycles. The summed E-state index contributed by atoms with van der Waals surface area (Å²) in [4.78, 5) is 11.5. The van der Waals surface area contributed by atoms with Crippen LogP contribution in [0, 0.1) is 0 Å². The number of rotatable bonds is 3. The number of dihydropyridines is 1. The van der Waals surface area contributed by atoms with Crippen molar-refractivity contribution in [1.29, 1.82) is 0 Å². The van der Waals surface area contributed by atoms with E-state index in [1.54, 1.807) is 12.3 Å². The molecule has 1 N–H and O–H groups in total. The minimum atomic E-state index is -2.80. The lowest BCUT2D eigenvalue weighted by molar-refractivity contribution is -0.113. The van der Waals surface area contributed by atoms with Crippen LogP contribution >= 0.6 is 0 Å². The molecule has 2 nitrogen and oxygen atoms in total. The maximum atomic E-state index is 13.7. The fraction of sp³-hybridized carbons (Fsp3) is 0.400. The van der Waals surface area contributed by atoms with Crippen molar-refractivity contribution >= 4 is 5.78 Å². The number of carbonyl (C=O) groups excluding carboxylic acids is 1. The Morgan fingerprint density at radius 3 is 2.68 bits per heavy atom. The number of Topliss-reactive ketones (excluding diaryl/α,β-unsaturated/α-hetero) is 1. The van der Waals surface area contributed by atoms with Crippen LogP contribution in [0.4, 0.5) is 8.78 Å². The van der Waals surface area contributed by atoms with Gasteiger partial charge < -0.3 is 5.32 Å². The van der Waals surface area contributed by atoms with Crippen molar-refractivity contribution in [3.8, 4) is 0 Å². The first kappa shape index (κ1) is 13.7. The molecule has 0 radical (unpaired) electrons. The van der Waals surface area contributed by atoms with Crippen LogP contribution in [0.15, 0.2) is 46.7 Å². The van der Waals surface area contributed by atoms with Gasteiger partial charge in [0.25, 0.3) is 5.92 Å². The quantitative estimate of drug-likeness (QED) is 0.848. The fourth-order valence-electron chi connectivity index (χ4n) is 2.35. The van der Waals surface area contributed by atoms with Crippen molar-refractivity contribution < 1.29 is 13.6 Å². The molecule has 1 aliphatic carbocycles. The van der Waals surface area contributed by atoms with Crippen LogP contribution in [0.5, 0.6) is 0 Å². The molecule has 0 aromatic heterocycles. The minimum absolute atomic E-state index is 0.0296. The molecule has 2 rings (SSSR count). The van der Waals surface area contributed by atoms with E-state index in [1.807, 2.05) is 6.92 Å². The standard InChI is InChI=1S/C15H17F2NO/c1-4-15(16,17)11-5-6-12-9(2)13(10(3)19)8-18-14(12)7-11/h5-8,14,18H,4H2,1-3H3. The van der Waals surface area contributed by atoms with Crippen molar-refractivity contribution in [2.75, 3.05) is 0 Å². The first-order valence-electron chi connectivity index (χ1n) is 6.33. The Morgan fingerprint density at radius 2 is 2.11 bits per heavy atom. The second-order valence-electron chi connectivity index (χ2n) is 4.85. The molecule has 1 aliphatic heterocycles. The zero-order chi connectivity index (χ0) is 14.2. The number of hydrogen-bond acceptors (Lipinski definition) is 2. The lowest BCUT2D eigenvalue weighted by Crippen LogP contribution is -2.33. The zero-order valence-electron chi connectivity index (χ0n) is 11.3. The molecule has 0 fully saturated rings. The van der Waals surface area contributed by atoms with Gasteiger partial charge in [0.05, 0.1) is 6.04 Å². The van der Waals surface area contributed by atoms with Gasteiger partial charge in [-0.2, -0.15) is 0 Å². The number of ketones is 1. The number of alkyl halides is 2. The smallest absolute Gasteiger partial charge is 0.272 e. The molecule has 0 saturated heterocycles. The van der Waals surface area contributed by atoms with Crippen LogP contribution in [-0.4, -0.2) is 17.7 Å². The molecule has 19 heavy (non-hydrogen) atoms. The Hall–Kier alpha value is -1.71. The Balaban J connectivity index is 2.36. The summed E-state index contributed by atoms with van der Waals surface area (Å²) in [5.41, 5.74) is 2.37. The number of halogens is 2. The Labute approximate surface area is 111 Å². The molecule has 1 atom stereocenters. The third-order valence-electron chi connectivity index (χ3n) is 3.61. The molecule has 2 aliphatic rings. The van der Waals surface area contributed by atoms with Gasteiger partial charge in [0.1, 0.15) is 0 Å². The van der Waals surface area contributed by atoms with E-state index < -0.39 is 5.92 Å². The summed E-state index contributed by atoms with van der Waals surface area (Å²) in [6.45, 7) is 4.81. The first-order chi connectivity index (χ1) is 8.86. The Bertz CT molecular complexity index is 538. The second-order valence-corrected chi connectivity index (χ2v) is 4.85. The highest BCUT2D eigenvalue weighted by Gasteiger charge is 2.34. The monoisotopic (exact) mass is 265 g/mol. The van der Waals surface area contributed by atoms with Gasteiger partial charge in [-0.25, -0.2) is 8.78 Å². The molecule has 0 aromatic rings. The molecule has 102 valence electrons. The van der Waals surface area contributed by atoms with E-state index in [0.29, 0.717) is 5.57 Å². The van der Waals surface area contributed by atoms with Gasteiger partial charge >= 0.3 is 0 Å². The highest BCUT2D eigenvalue weighted by atomic mass is 19.3. The number of hydrogen-bond donors (Lipinski definition) is 1. The summed E-state index contributed by atoms with van der Waals surface area (Å²) < 4.78 is 27.3. The van der Waals surface area contributed by atoms with Gasteiger partial charge in [-0.05, 0) is 31.1 Å². The van der Waals surface area contributed by atoms with Crippen molar-refractivity contribution in [2.45, 2.75) is 39.2 Å².